The number of hydrogen-bond acceptors (Lipinski definition) is 3. The maximum absolute atomic E-state index is 11.8. The highest BCUT2D eigenvalue weighted by Gasteiger charge is 2.10. The van der Waals surface area contributed by atoms with Gasteiger partial charge >= 0.3 is 0 Å². The van der Waals surface area contributed by atoms with Gasteiger partial charge in [-0.25, -0.2) is 0 Å². The third kappa shape index (κ3) is 2.57. The van der Waals surface area contributed by atoms with Gasteiger partial charge in [-0.3, -0.25) is 14.7 Å². The highest BCUT2D eigenvalue weighted by Crippen LogP contribution is 2.10. The van der Waals surface area contributed by atoms with Crippen molar-refractivity contribution in [2.24, 2.45) is 0 Å². The first-order valence-corrected chi connectivity index (χ1v) is 5.29. The van der Waals surface area contributed by atoms with Crippen molar-refractivity contribution in [3.05, 3.63) is 51.3 Å². The first kappa shape index (κ1) is 11.5. The SMILES string of the molecule is Nc1cc(=O)n(C(=O)Cc2ccc(Cl)cc2)[nH]1. The summed E-state index contributed by atoms with van der Waals surface area (Å²) in [7, 11) is 0. The molecule has 3 N–H and O–H groups in total. The van der Waals surface area contributed by atoms with Crippen molar-refractivity contribution in [1.82, 2.24) is 9.78 Å². The molecule has 0 radical (unpaired) electrons. The lowest BCUT2D eigenvalue weighted by Crippen LogP contribution is -2.25. The lowest BCUT2D eigenvalue weighted by Gasteiger charge is -2.01. The summed E-state index contributed by atoms with van der Waals surface area (Å²) >= 11 is 5.73. The Bertz CT molecular complexity index is 598. The first-order chi connectivity index (χ1) is 8.06. The van der Waals surface area contributed by atoms with Crippen molar-refractivity contribution < 1.29 is 4.79 Å². The van der Waals surface area contributed by atoms with Crippen molar-refractivity contribution in [1.29, 1.82) is 0 Å². The van der Waals surface area contributed by atoms with Gasteiger partial charge in [0.25, 0.3) is 11.5 Å². The molecule has 88 valence electrons. The second-order valence-corrected chi connectivity index (χ2v) is 4.02. The number of carbonyl (C=O) groups excluding carboxylic acids is 1. The Morgan fingerprint density at radius 1 is 1.35 bits per heavy atom. The van der Waals surface area contributed by atoms with Gasteiger partial charge in [0.2, 0.25) is 0 Å². The Morgan fingerprint density at radius 2 is 2.00 bits per heavy atom. The molecule has 0 aliphatic rings. The van der Waals surface area contributed by atoms with Crippen LogP contribution in [0.5, 0.6) is 0 Å². The Morgan fingerprint density at radius 3 is 2.53 bits per heavy atom. The average Bonchev–Trinajstić information content (AvgIpc) is 2.61. The van der Waals surface area contributed by atoms with Crippen LogP contribution in [-0.4, -0.2) is 15.7 Å². The van der Waals surface area contributed by atoms with Crippen LogP contribution in [0.25, 0.3) is 0 Å². The standard InChI is InChI=1S/C11H10ClN3O2/c12-8-3-1-7(2-4-8)5-10(16)15-11(17)6-9(13)14-15/h1-4,6,14H,5,13H2. The van der Waals surface area contributed by atoms with Gasteiger partial charge in [0, 0.05) is 11.1 Å². The summed E-state index contributed by atoms with van der Waals surface area (Å²) < 4.78 is 0.893. The van der Waals surface area contributed by atoms with Gasteiger partial charge < -0.3 is 5.73 Å². The molecule has 0 saturated carbocycles. The summed E-state index contributed by atoms with van der Waals surface area (Å²) in [5, 5.41) is 3.08. The van der Waals surface area contributed by atoms with E-state index in [1.807, 2.05) is 0 Å². The number of nitrogens with zero attached hydrogens (tertiary/aromatic N) is 1. The van der Waals surface area contributed by atoms with Crippen LogP contribution in [-0.2, 0) is 6.42 Å². The van der Waals surface area contributed by atoms with E-state index in [1.165, 1.54) is 6.07 Å². The van der Waals surface area contributed by atoms with Crippen LogP contribution < -0.4 is 11.3 Å². The van der Waals surface area contributed by atoms with Crippen molar-refractivity contribution in [3.8, 4) is 0 Å². The van der Waals surface area contributed by atoms with Gasteiger partial charge in [-0.05, 0) is 17.7 Å². The molecule has 2 rings (SSSR count). The van der Waals surface area contributed by atoms with E-state index < -0.39 is 5.56 Å². The predicted octanol–water partition coefficient (Wildman–Crippen LogP) is 1.29. The normalized spacial score (nSPS) is 10.4. The molecule has 1 aromatic carbocycles. The number of rotatable bonds is 2. The number of aromatic nitrogens is 2. The zero-order chi connectivity index (χ0) is 12.4. The Balaban J connectivity index is 2.20. The predicted molar refractivity (Wildman–Crippen MR) is 65.2 cm³/mol. The number of nitrogens with one attached hydrogen (secondary N) is 1. The van der Waals surface area contributed by atoms with E-state index in [2.05, 4.69) is 5.10 Å². The maximum atomic E-state index is 11.8. The number of aromatic amines is 1. The number of hydrogen-bond donors (Lipinski definition) is 2. The summed E-state index contributed by atoms with van der Waals surface area (Å²) in [6, 6.07) is 8.01. The van der Waals surface area contributed by atoms with Crippen LogP contribution in [0.1, 0.15) is 10.4 Å². The molecule has 0 aliphatic carbocycles. The lowest BCUT2D eigenvalue weighted by atomic mass is 10.1. The second kappa shape index (κ2) is 4.47. The van der Waals surface area contributed by atoms with E-state index in [4.69, 9.17) is 17.3 Å². The van der Waals surface area contributed by atoms with Crippen LogP contribution in [0.15, 0.2) is 35.1 Å². The second-order valence-electron chi connectivity index (χ2n) is 3.58. The van der Waals surface area contributed by atoms with Crippen LogP contribution in [0.2, 0.25) is 5.02 Å². The summed E-state index contributed by atoms with van der Waals surface area (Å²) in [6.07, 6.45) is 0.108. The molecule has 1 aromatic heterocycles. The van der Waals surface area contributed by atoms with Gasteiger partial charge in [0.1, 0.15) is 5.82 Å². The van der Waals surface area contributed by atoms with E-state index >= 15 is 0 Å². The van der Waals surface area contributed by atoms with Gasteiger partial charge in [-0.15, -0.1) is 0 Å². The molecular weight excluding hydrogens is 242 g/mol. The number of H-pyrrole nitrogens is 1. The molecular formula is C11H10ClN3O2. The zero-order valence-electron chi connectivity index (χ0n) is 8.81. The minimum atomic E-state index is -0.457. The highest BCUT2D eigenvalue weighted by molar-refractivity contribution is 6.30. The molecule has 0 saturated heterocycles. The lowest BCUT2D eigenvalue weighted by molar-refractivity contribution is 0.0895. The quantitative estimate of drug-likeness (QED) is 0.844. The molecule has 2 aromatic rings. The van der Waals surface area contributed by atoms with Gasteiger partial charge in [-0.2, -0.15) is 4.68 Å². The molecule has 0 unspecified atom stereocenters. The van der Waals surface area contributed by atoms with Crippen LogP contribution in [0.4, 0.5) is 5.82 Å². The fraction of sp³-hybridized carbons (Fsp3) is 0.0909. The number of nitrogen functional groups attached to an aromatic ring is 1. The molecule has 0 spiro atoms. The molecule has 5 nitrogen and oxygen atoms in total. The van der Waals surface area contributed by atoms with Crippen molar-refractivity contribution in [3.63, 3.8) is 0 Å². The zero-order valence-corrected chi connectivity index (χ0v) is 9.57. The van der Waals surface area contributed by atoms with Crippen LogP contribution >= 0.6 is 11.6 Å². The average molecular weight is 252 g/mol. The summed E-state index contributed by atoms with van der Waals surface area (Å²) in [4.78, 5) is 23.1. The summed E-state index contributed by atoms with van der Waals surface area (Å²) in [5.41, 5.74) is 5.70. The van der Waals surface area contributed by atoms with E-state index in [1.54, 1.807) is 24.3 Å². The highest BCUT2D eigenvalue weighted by atomic mass is 35.5. The molecule has 0 amide bonds. The van der Waals surface area contributed by atoms with Crippen molar-refractivity contribution >= 4 is 23.3 Å². The minimum absolute atomic E-state index is 0.108. The van der Waals surface area contributed by atoms with Crippen LogP contribution in [0, 0.1) is 0 Å². The Hall–Kier alpha value is -2.01. The topological polar surface area (TPSA) is 80.9 Å². The smallest absolute Gasteiger partial charge is 0.275 e. The summed E-state index contributed by atoms with van der Waals surface area (Å²) in [6.45, 7) is 0. The number of nitrogens with two attached hydrogens (primary N) is 1. The van der Waals surface area contributed by atoms with E-state index in [-0.39, 0.29) is 18.1 Å². The maximum Gasteiger partial charge on any atom is 0.275 e. The van der Waals surface area contributed by atoms with Crippen molar-refractivity contribution in [2.75, 3.05) is 5.73 Å². The molecule has 17 heavy (non-hydrogen) atoms. The van der Waals surface area contributed by atoms with Crippen LogP contribution in [0.3, 0.4) is 0 Å². The first-order valence-electron chi connectivity index (χ1n) is 4.91. The molecule has 1 heterocycles. The largest absolute Gasteiger partial charge is 0.384 e. The molecule has 6 heteroatoms. The third-order valence-corrected chi connectivity index (χ3v) is 2.51. The molecule has 0 bridgehead atoms. The summed E-state index contributed by atoms with van der Waals surface area (Å²) in [5.74, 6) is -0.200. The van der Waals surface area contributed by atoms with Gasteiger partial charge in [0.15, 0.2) is 0 Å². The Labute approximate surface area is 102 Å². The molecule has 0 aliphatic heterocycles. The van der Waals surface area contributed by atoms with Gasteiger partial charge in [-0.1, -0.05) is 23.7 Å². The van der Waals surface area contributed by atoms with E-state index in [0.29, 0.717) is 5.02 Å². The minimum Gasteiger partial charge on any atom is -0.384 e. The number of benzene rings is 1. The molecule has 0 atom stereocenters. The number of anilines is 1. The fourth-order valence-electron chi connectivity index (χ4n) is 1.46. The van der Waals surface area contributed by atoms with Gasteiger partial charge in [0.05, 0.1) is 6.42 Å². The number of carbonyl (C=O) groups is 1. The molecule has 0 fully saturated rings. The van der Waals surface area contributed by atoms with E-state index in [0.717, 1.165) is 10.2 Å². The van der Waals surface area contributed by atoms with Crippen molar-refractivity contribution in [2.45, 2.75) is 6.42 Å². The Kier molecular flexibility index (Phi) is 3.01. The third-order valence-electron chi connectivity index (χ3n) is 2.26. The monoisotopic (exact) mass is 251 g/mol. The fourth-order valence-corrected chi connectivity index (χ4v) is 1.58. The van der Waals surface area contributed by atoms with E-state index in [9.17, 15) is 9.59 Å². The number of halogens is 1.